The van der Waals surface area contributed by atoms with Gasteiger partial charge in [0.2, 0.25) is 5.91 Å². The Bertz CT molecular complexity index is 437. The van der Waals surface area contributed by atoms with Gasteiger partial charge in [0.1, 0.15) is 12.1 Å². The molecular formula is C15H26N2O4. The standard InChI is InChI=1S/C15H26N2O4/c1-4-7-17(9-11(18)19)13(20)15(16)10-6-5-8-21-12(10)14(15,2)3/h10,12H,4-9,16H2,1-3H3,(H,18,19). The van der Waals surface area contributed by atoms with Crippen molar-refractivity contribution in [3.05, 3.63) is 0 Å². The van der Waals surface area contributed by atoms with Crippen LogP contribution in [0.25, 0.3) is 0 Å². The highest BCUT2D eigenvalue weighted by molar-refractivity contribution is 5.91. The molecule has 120 valence electrons. The molecule has 1 saturated carbocycles. The molecule has 0 radical (unpaired) electrons. The number of rotatable bonds is 5. The van der Waals surface area contributed by atoms with Gasteiger partial charge in [0.15, 0.2) is 0 Å². The van der Waals surface area contributed by atoms with E-state index in [0.29, 0.717) is 19.6 Å². The predicted molar refractivity (Wildman–Crippen MR) is 77.7 cm³/mol. The first kappa shape index (κ1) is 16.2. The molecule has 3 N–H and O–H groups in total. The lowest BCUT2D eigenvalue weighted by Crippen LogP contribution is -2.82. The molecular weight excluding hydrogens is 272 g/mol. The van der Waals surface area contributed by atoms with Crippen molar-refractivity contribution in [1.82, 2.24) is 4.90 Å². The van der Waals surface area contributed by atoms with E-state index in [1.54, 1.807) is 0 Å². The molecule has 3 atom stereocenters. The lowest BCUT2D eigenvalue weighted by atomic mass is 9.46. The Balaban J connectivity index is 2.24. The van der Waals surface area contributed by atoms with E-state index in [1.807, 2.05) is 20.8 Å². The van der Waals surface area contributed by atoms with Gasteiger partial charge in [-0.05, 0) is 19.3 Å². The molecule has 0 aromatic carbocycles. The number of ether oxygens (including phenoxy) is 1. The number of nitrogens with zero attached hydrogens (tertiary/aromatic N) is 1. The molecule has 0 aromatic rings. The lowest BCUT2D eigenvalue weighted by Gasteiger charge is -2.65. The van der Waals surface area contributed by atoms with Crippen molar-refractivity contribution in [2.45, 2.75) is 51.7 Å². The van der Waals surface area contributed by atoms with Crippen LogP contribution in [0.3, 0.4) is 0 Å². The van der Waals surface area contributed by atoms with E-state index in [-0.39, 0.29) is 24.5 Å². The fourth-order valence-electron chi connectivity index (χ4n) is 3.96. The third-order valence-corrected chi connectivity index (χ3v) is 5.15. The van der Waals surface area contributed by atoms with Crippen LogP contribution in [-0.4, -0.2) is 53.2 Å². The van der Waals surface area contributed by atoms with Crippen molar-refractivity contribution in [3.8, 4) is 0 Å². The summed E-state index contributed by atoms with van der Waals surface area (Å²) in [6.45, 7) is 6.65. The molecule has 2 fully saturated rings. The number of nitrogens with two attached hydrogens (primary N) is 1. The van der Waals surface area contributed by atoms with E-state index in [0.717, 1.165) is 12.8 Å². The largest absolute Gasteiger partial charge is 0.480 e. The van der Waals surface area contributed by atoms with Crippen molar-refractivity contribution in [2.24, 2.45) is 17.1 Å². The monoisotopic (exact) mass is 298 g/mol. The summed E-state index contributed by atoms with van der Waals surface area (Å²) in [5, 5.41) is 9.02. The van der Waals surface area contributed by atoms with Gasteiger partial charge >= 0.3 is 5.97 Å². The Morgan fingerprint density at radius 1 is 1.43 bits per heavy atom. The number of hydrogen-bond acceptors (Lipinski definition) is 4. The SMILES string of the molecule is CCCN(CC(=O)O)C(=O)C1(N)C2CCCOC2C1(C)C. The van der Waals surface area contributed by atoms with Crippen LogP contribution in [0.15, 0.2) is 0 Å². The summed E-state index contributed by atoms with van der Waals surface area (Å²) in [5.74, 6) is -1.26. The summed E-state index contributed by atoms with van der Waals surface area (Å²) in [6.07, 6.45) is 2.47. The van der Waals surface area contributed by atoms with Gasteiger partial charge in [-0.2, -0.15) is 0 Å². The molecule has 1 aliphatic carbocycles. The molecule has 6 heteroatoms. The number of aliphatic carboxylic acids is 1. The second-order valence-electron chi connectivity index (χ2n) is 6.75. The minimum absolute atomic E-state index is 0.00601. The van der Waals surface area contributed by atoms with Crippen LogP contribution in [-0.2, 0) is 14.3 Å². The summed E-state index contributed by atoms with van der Waals surface area (Å²) >= 11 is 0. The second-order valence-corrected chi connectivity index (χ2v) is 6.75. The average Bonchev–Trinajstić information content (AvgIpc) is 2.44. The second kappa shape index (κ2) is 5.57. The van der Waals surface area contributed by atoms with E-state index >= 15 is 0 Å². The zero-order chi connectivity index (χ0) is 15.8. The van der Waals surface area contributed by atoms with Gasteiger partial charge < -0.3 is 20.5 Å². The summed E-state index contributed by atoms with van der Waals surface area (Å²) in [6, 6.07) is 0. The molecule has 0 bridgehead atoms. The van der Waals surface area contributed by atoms with Crippen LogP contribution in [0.4, 0.5) is 0 Å². The third kappa shape index (κ3) is 2.34. The van der Waals surface area contributed by atoms with Crippen molar-refractivity contribution in [3.63, 3.8) is 0 Å². The molecule has 21 heavy (non-hydrogen) atoms. The molecule has 2 aliphatic rings. The predicted octanol–water partition coefficient (Wildman–Crippen LogP) is 0.842. The molecule has 6 nitrogen and oxygen atoms in total. The Labute approximate surface area is 125 Å². The van der Waals surface area contributed by atoms with Crippen LogP contribution in [0.5, 0.6) is 0 Å². The number of carboxylic acid groups (broad SMARTS) is 1. The van der Waals surface area contributed by atoms with Crippen molar-refractivity contribution in [2.75, 3.05) is 19.7 Å². The van der Waals surface area contributed by atoms with Gasteiger partial charge in [-0.15, -0.1) is 0 Å². The number of carboxylic acids is 1. The van der Waals surface area contributed by atoms with E-state index in [9.17, 15) is 9.59 Å². The Morgan fingerprint density at radius 3 is 2.67 bits per heavy atom. The summed E-state index contributed by atoms with van der Waals surface area (Å²) < 4.78 is 5.79. The highest BCUT2D eigenvalue weighted by Gasteiger charge is 2.70. The zero-order valence-corrected chi connectivity index (χ0v) is 13.1. The number of carbonyl (C=O) groups is 2. The molecule has 0 spiro atoms. The van der Waals surface area contributed by atoms with Crippen LogP contribution in [0.1, 0.15) is 40.0 Å². The smallest absolute Gasteiger partial charge is 0.323 e. The maximum Gasteiger partial charge on any atom is 0.323 e. The molecule has 1 amide bonds. The molecule has 1 saturated heterocycles. The topological polar surface area (TPSA) is 92.9 Å². The maximum atomic E-state index is 12.9. The zero-order valence-electron chi connectivity index (χ0n) is 13.1. The quantitative estimate of drug-likeness (QED) is 0.784. The summed E-state index contributed by atoms with van der Waals surface area (Å²) in [7, 11) is 0. The van der Waals surface area contributed by atoms with Crippen molar-refractivity contribution >= 4 is 11.9 Å². The number of hydrogen-bond donors (Lipinski definition) is 2. The Kier molecular flexibility index (Phi) is 4.31. The number of carbonyl (C=O) groups excluding carboxylic acids is 1. The first-order chi connectivity index (χ1) is 9.76. The Morgan fingerprint density at radius 2 is 2.10 bits per heavy atom. The highest BCUT2D eigenvalue weighted by Crippen LogP contribution is 2.57. The van der Waals surface area contributed by atoms with Gasteiger partial charge in [0.05, 0.1) is 6.10 Å². The van der Waals surface area contributed by atoms with Crippen LogP contribution in [0, 0.1) is 11.3 Å². The lowest BCUT2D eigenvalue weighted by molar-refractivity contribution is -0.230. The van der Waals surface area contributed by atoms with Gasteiger partial charge in [-0.1, -0.05) is 20.8 Å². The van der Waals surface area contributed by atoms with Crippen LogP contribution in [0.2, 0.25) is 0 Å². The average molecular weight is 298 g/mol. The third-order valence-electron chi connectivity index (χ3n) is 5.15. The van der Waals surface area contributed by atoms with E-state index < -0.39 is 16.9 Å². The normalized spacial score (nSPS) is 33.7. The molecule has 1 heterocycles. The summed E-state index contributed by atoms with van der Waals surface area (Å²) in [4.78, 5) is 25.3. The highest BCUT2D eigenvalue weighted by atomic mass is 16.5. The number of fused-ring (bicyclic) bond motifs is 1. The van der Waals surface area contributed by atoms with Gasteiger partial charge in [0, 0.05) is 24.5 Å². The molecule has 2 rings (SSSR count). The van der Waals surface area contributed by atoms with E-state index in [4.69, 9.17) is 15.6 Å². The molecule has 1 aliphatic heterocycles. The van der Waals surface area contributed by atoms with E-state index in [2.05, 4.69) is 0 Å². The molecule has 0 aromatic heterocycles. The fraction of sp³-hybridized carbons (Fsp3) is 0.867. The fourth-order valence-corrected chi connectivity index (χ4v) is 3.96. The minimum Gasteiger partial charge on any atom is -0.480 e. The first-order valence-electron chi connectivity index (χ1n) is 7.68. The van der Waals surface area contributed by atoms with Crippen LogP contribution >= 0.6 is 0 Å². The van der Waals surface area contributed by atoms with Crippen molar-refractivity contribution < 1.29 is 19.4 Å². The van der Waals surface area contributed by atoms with Crippen molar-refractivity contribution in [1.29, 1.82) is 0 Å². The minimum atomic E-state index is -1.03. The summed E-state index contributed by atoms with van der Waals surface area (Å²) in [5.41, 5.74) is 5.02. The van der Waals surface area contributed by atoms with Crippen LogP contribution < -0.4 is 5.73 Å². The maximum absolute atomic E-state index is 12.9. The van der Waals surface area contributed by atoms with Gasteiger partial charge in [-0.25, -0.2) is 0 Å². The van der Waals surface area contributed by atoms with Gasteiger partial charge in [0.25, 0.3) is 0 Å². The van der Waals surface area contributed by atoms with E-state index in [1.165, 1.54) is 4.90 Å². The molecule has 3 unspecified atom stereocenters. The van der Waals surface area contributed by atoms with Gasteiger partial charge in [-0.3, -0.25) is 9.59 Å². The Hall–Kier alpha value is -1.14. The number of amides is 1. The first-order valence-corrected chi connectivity index (χ1v) is 7.68.